The number of piperidine rings is 1. The van der Waals surface area contributed by atoms with Gasteiger partial charge >= 0.3 is 0 Å². The maximum atomic E-state index is 11.7. The standard InChI is InChI=1S/C15H20Cl2N2O2/c16-12-3-4-13(17)14(8-12)21-10-15(20)19-7-5-11-2-1-6-18-9-11/h3-4,8,11,18H,1-2,5-7,9-10H2,(H,19,20). The van der Waals surface area contributed by atoms with Crippen LogP contribution in [-0.2, 0) is 4.79 Å². The van der Waals surface area contributed by atoms with E-state index in [1.165, 1.54) is 12.8 Å². The maximum Gasteiger partial charge on any atom is 0.257 e. The molecule has 0 radical (unpaired) electrons. The molecule has 1 aliphatic rings. The first-order valence-electron chi connectivity index (χ1n) is 7.20. The Morgan fingerprint density at radius 3 is 3.05 bits per heavy atom. The van der Waals surface area contributed by atoms with E-state index in [1.807, 2.05) is 0 Å². The Bertz CT molecular complexity index is 477. The molecule has 0 bridgehead atoms. The maximum absolute atomic E-state index is 11.7. The molecule has 1 unspecified atom stereocenters. The van der Waals surface area contributed by atoms with Crippen LogP contribution in [0, 0.1) is 5.92 Å². The second kappa shape index (κ2) is 8.47. The van der Waals surface area contributed by atoms with Crippen molar-refractivity contribution in [3.05, 3.63) is 28.2 Å². The number of hydrogen-bond acceptors (Lipinski definition) is 3. The van der Waals surface area contributed by atoms with Crippen LogP contribution in [0.1, 0.15) is 19.3 Å². The van der Waals surface area contributed by atoms with Gasteiger partial charge in [-0.3, -0.25) is 4.79 Å². The highest BCUT2D eigenvalue weighted by Gasteiger charge is 2.13. The van der Waals surface area contributed by atoms with Gasteiger partial charge in [0, 0.05) is 17.6 Å². The van der Waals surface area contributed by atoms with Gasteiger partial charge in [0.15, 0.2) is 6.61 Å². The molecule has 1 fully saturated rings. The van der Waals surface area contributed by atoms with E-state index in [1.54, 1.807) is 18.2 Å². The van der Waals surface area contributed by atoms with Crippen LogP contribution in [0.3, 0.4) is 0 Å². The summed E-state index contributed by atoms with van der Waals surface area (Å²) in [5.74, 6) is 0.938. The van der Waals surface area contributed by atoms with Crippen molar-refractivity contribution >= 4 is 29.1 Å². The molecule has 0 spiro atoms. The van der Waals surface area contributed by atoms with E-state index < -0.39 is 0 Å². The van der Waals surface area contributed by atoms with Crippen LogP contribution < -0.4 is 15.4 Å². The van der Waals surface area contributed by atoms with E-state index in [4.69, 9.17) is 27.9 Å². The first kappa shape index (κ1) is 16.4. The molecule has 4 nitrogen and oxygen atoms in total. The number of rotatable bonds is 6. The van der Waals surface area contributed by atoms with Gasteiger partial charge in [0.05, 0.1) is 5.02 Å². The van der Waals surface area contributed by atoms with E-state index in [2.05, 4.69) is 10.6 Å². The average molecular weight is 331 g/mol. The predicted molar refractivity (Wildman–Crippen MR) is 85.2 cm³/mol. The molecular weight excluding hydrogens is 311 g/mol. The van der Waals surface area contributed by atoms with Crippen LogP contribution in [0.5, 0.6) is 5.75 Å². The lowest BCUT2D eigenvalue weighted by molar-refractivity contribution is -0.123. The highest BCUT2D eigenvalue weighted by molar-refractivity contribution is 6.34. The molecule has 2 N–H and O–H groups in total. The number of halogens is 2. The number of carbonyl (C=O) groups is 1. The van der Waals surface area contributed by atoms with Gasteiger partial charge in [-0.2, -0.15) is 0 Å². The van der Waals surface area contributed by atoms with Crippen LogP contribution in [0.15, 0.2) is 18.2 Å². The van der Waals surface area contributed by atoms with E-state index in [9.17, 15) is 4.79 Å². The smallest absolute Gasteiger partial charge is 0.257 e. The third-order valence-corrected chi connectivity index (χ3v) is 4.07. The molecule has 116 valence electrons. The first-order chi connectivity index (χ1) is 10.1. The molecule has 6 heteroatoms. The van der Waals surface area contributed by atoms with Crippen LogP contribution in [0.2, 0.25) is 10.0 Å². The molecule has 1 aliphatic heterocycles. The Balaban J connectivity index is 1.66. The number of amides is 1. The average Bonchev–Trinajstić information content (AvgIpc) is 2.49. The van der Waals surface area contributed by atoms with E-state index >= 15 is 0 Å². The van der Waals surface area contributed by atoms with Crippen molar-refractivity contribution in [3.63, 3.8) is 0 Å². The van der Waals surface area contributed by atoms with Crippen molar-refractivity contribution in [1.29, 1.82) is 0 Å². The zero-order valence-electron chi connectivity index (χ0n) is 11.8. The topological polar surface area (TPSA) is 50.4 Å². The van der Waals surface area contributed by atoms with Gasteiger partial charge in [-0.1, -0.05) is 23.2 Å². The lowest BCUT2D eigenvalue weighted by Gasteiger charge is -2.22. The summed E-state index contributed by atoms with van der Waals surface area (Å²) in [6.45, 7) is 2.78. The SMILES string of the molecule is O=C(COc1cc(Cl)ccc1Cl)NCCC1CCCNC1. The summed E-state index contributed by atoms with van der Waals surface area (Å²) in [7, 11) is 0. The van der Waals surface area contributed by atoms with Gasteiger partial charge < -0.3 is 15.4 Å². The molecule has 2 rings (SSSR count). The Kier molecular flexibility index (Phi) is 6.61. The second-order valence-corrected chi connectivity index (χ2v) is 6.06. The van der Waals surface area contributed by atoms with Gasteiger partial charge in [-0.25, -0.2) is 0 Å². The molecule has 0 aromatic heterocycles. The summed E-state index contributed by atoms with van der Waals surface area (Å²) in [6.07, 6.45) is 3.45. The summed E-state index contributed by atoms with van der Waals surface area (Å²) in [5, 5.41) is 7.21. The molecule has 0 aliphatic carbocycles. The van der Waals surface area contributed by atoms with Gasteiger partial charge in [0.2, 0.25) is 0 Å². The zero-order valence-corrected chi connectivity index (χ0v) is 13.3. The van der Waals surface area contributed by atoms with Crippen molar-refractivity contribution in [3.8, 4) is 5.75 Å². The number of benzene rings is 1. The Hall–Kier alpha value is -0.970. The van der Waals surface area contributed by atoms with Crippen molar-refractivity contribution in [2.24, 2.45) is 5.92 Å². The molecule has 1 saturated heterocycles. The van der Waals surface area contributed by atoms with Crippen molar-refractivity contribution < 1.29 is 9.53 Å². The quantitative estimate of drug-likeness (QED) is 0.843. The van der Waals surface area contributed by atoms with Crippen LogP contribution in [0.25, 0.3) is 0 Å². The third-order valence-electron chi connectivity index (χ3n) is 3.53. The van der Waals surface area contributed by atoms with Crippen molar-refractivity contribution in [2.45, 2.75) is 19.3 Å². The third kappa shape index (κ3) is 5.73. The van der Waals surface area contributed by atoms with Crippen molar-refractivity contribution in [2.75, 3.05) is 26.2 Å². The number of carbonyl (C=O) groups excluding carboxylic acids is 1. The fraction of sp³-hybridized carbons (Fsp3) is 0.533. The van der Waals surface area contributed by atoms with Crippen LogP contribution >= 0.6 is 23.2 Å². The molecule has 0 saturated carbocycles. The van der Waals surface area contributed by atoms with Crippen LogP contribution in [-0.4, -0.2) is 32.1 Å². The molecule has 1 aromatic carbocycles. The number of hydrogen-bond donors (Lipinski definition) is 2. The lowest BCUT2D eigenvalue weighted by Crippen LogP contribution is -2.34. The fourth-order valence-corrected chi connectivity index (χ4v) is 2.70. The fourth-order valence-electron chi connectivity index (χ4n) is 2.37. The Morgan fingerprint density at radius 2 is 2.29 bits per heavy atom. The molecule has 21 heavy (non-hydrogen) atoms. The van der Waals surface area contributed by atoms with E-state index in [0.717, 1.165) is 19.5 Å². The summed E-state index contributed by atoms with van der Waals surface area (Å²) in [6, 6.07) is 4.92. The van der Waals surface area contributed by atoms with E-state index in [-0.39, 0.29) is 12.5 Å². The molecule has 1 amide bonds. The Labute approximate surface area is 135 Å². The minimum atomic E-state index is -0.144. The van der Waals surface area contributed by atoms with Crippen molar-refractivity contribution in [1.82, 2.24) is 10.6 Å². The van der Waals surface area contributed by atoms with E-state index in [0.29, 0.717) is 28.3 Å². The van der Waals surface area contributed by atoms with Gasteiger partial charge in [-0.15, -0.1) is 0 Å². The summed E-state index contributed by atoms with van der Waals surface area (Å²) < 4.78 is 5.38. The molecule has 1 aromatic rings. The second-order valence-electron chi connectivity index (χ2n) is 5.21. The lowest BCUT2D eigenvalue weighted by atomic mass is 9.96. The summed E-state index contributed by atoms with van der Waals surface area (Å²) >= 11 is 11.8. The zero-order chi connectivity index (χ0) is 15.1. The largest absolute Gasteiger partial charge is 0.482 e. The highest BCUT2D eigenvalue weighted by atomic mass is 35.5. The highest BCUT2D eigenvalue weighted by Crippen LogP contribution is 2.27. The van der Waals surface area contributed by atoms with Gasteiger partial charge in [0.25, 0.3) is 5.91 Å². The first-order valence-corrected chi connectivity index (χ1v) is 7.96. The summed E-state index contributed by atoms with van der Waals surface area (Å²) in [5.41, 5.74) is 0. The Morgan fingerprint density at radius 1 is 1.43 bits per heavy atom. The normalized spacial score (nSPS) is 18.3. The molecule has 1 heterocycles. The van der Waals surface area contributed by atoms with Crippen LogP contribution in [0.4, 0.5) is 0 Å². The number of ether oxygens (including phenoxy) is 1. The monoisotopic (exact) mass is 330 g/mol. The summed E-state index contributed by atoms with van der Waals surface area (Å²) in [4.78, 5) is 11.7. The minimum absolute atomic E-state index is 0.0526. The van der Waals surface area contributed by atoms with Gasteiger partial charge in [-0.05, 0) is 50.4 Å². The molecular formula is C15H20Cl2N2O2. The molecule has 1 atom stereocenters. The minimum Gasteiger partial charge on any atom is -0.482 e. The van der Waals surface area contributed by atoms with Gasteiger partial charge in [0.1, 0.15) is 5.75 Å². The number of nitrogens with one attached hydrogen (secondary N) is 2. The predicted octanol–water partition coefficient (Wildman–Crippen LogP) is 2.88.